The molecule has 0 spiro atoms. The summed E-state index contributed by atoms with van der Waals surface area (Å²) in [5.41, 5.74) is -0.546. The van der Waals surface area contributed by atoms with Gasteiger partial charge >= 0.3 is 0 Å². The van der Waals surface area contributed by atoms with Gasteiger partial charge < -0.3 is 5.32 Å². The van der Waals surface area contributed by atoms with Crippen molar-refractivity contribution in [2.24, 2.45) is 5.14 Å². The molecule has 1 aromatic rings. The Morgan fingerprint density at radius 1 is 1.33 bits per heavy atom. The second-order valence-corrected chi connectivity index (χ2v) is 8.84. The maximum absolute atomic E-state index is 13.7. The largest absolute Gasteiger partial charge is 0.351 e. The summed E-state index contributed by atoms with van der Waals surface area (Å²) in [5, 5.41) is 7.13. The van der Waals surface area contributed by atoms with E-state index in [-0.39, 0.29) is 16.8 Å². The molecule has 0 bridgehead atoms. The van der Waals surface area contributed by atoms with Gasteiger partial charge in [-0.25, -0.2) is 26.4 Å². The summed E-state index contributed by atoms with van der Waals surface area (Å²) in [6.07, 6.45) is 0.985. The van der Waals surface area contributed by atoms with Crippen LogP contribution in [0.2, 0.25) is 0 Å². The van der Waals surface area contributed by atoms with Crippen molar-refractivity contribution in [3.05, 3.63) is 28.0 Å². The van der Waals surface area contributed by atoms with E-state index in [1.54, 1.807) is 0 Å². The minimum Gasteiger partial charge on any atom is -0.351 e. The van der Waals surface area contributed by atoms with E-state index in [1.807, 2.05) is 0 Å². The lowest BCUT2D eigenvalue weighted by molar-refractivity contribution is 0.0952. The van der Waals surface area contributed by atoms with Gasteiger partial charge in [-0.2, -0.15) is 0 Å². The molecule has 0 atom stereocenters. The summed E-state index contributed by atoms with van der Waals surface area (Å²) >= 11 is 2.83. The Bertz CT molecular complexity index is 777. The highest BCUT2D eigenvalue weighted by Crippen LogP contribution is 2.24. The summed E-state index contributed by atoms with van der Waals surface area (Å²) in [6, 6.07) is 1.58. The topological polar surface area (TPSA) is 123 Å². The fourth-order valence-electron chi connectivity index (χ4n) is 1.37. The lowest BCUT2D eigenvalue weighted by Gasteiger charge is -2.08. The van der Waals surface area contributed by atoms with Crippen molar-refractivity contribution in [3.63, 3.8) is 0 Å². The van der Waals surface area contributed by atoms with E-state index in [9.17, 15) is 26.0 Å². The first-order valence-electron chi connectivity index (χ1n) is 5.39. The maximum Gasteiger partial charge on any atom is 0.254 e. The zero-order chi connectivity index (χ0) is 16.4. The third-order valence-electron chi connectivity index (χ3n) is 2.33. The van der Waals surface area contributed by atoms with Crippen LogP contribution >= 0.6 is 15.9 Å². The highest BCUT2D eigenvalue weighted by Gasteiger charge is 2.20. The van der Waals surface area contributed by atoms with Gasteiger partial charge in [0, 0.05) is 17.3 Å². The number of rotatable bonds is 5. The Morgan fingerprint density at radius 3 is 2.38 bits per heavy atom. The normalized spacial score (nSPS) is 12.2. The van der Waals surface area contributed by atoms with Gasteiger partial charge in [0.1, 0.15) is 15.7 Å². The van der Waals surface area contributed by atoms with E-state index in [2.05, 4.69) is 21.2 Å². The van der Waals surface area contributed by atoms with Crippen LogP contribution in [-0.4, -0.2) is 41.3 Å². The third-order valence-corrected chi connectivity index (χ3v) is 5.15. The molecule has 0 saturated carbocycles. The molecule has 0 aromatic heterocycles. The molecule has 3 N–H and O–H groups in total. The molecule has 0 saturated heterocycles. The molecule has 0 aliphatic rings. The van der Waals surface area contributed by atoms with Gasteiger partial charge in [0.2, 0.25) is 10.0 Å². The van der Waals surface area contributed by atoms with Gasteiger partial charge in [-0.1, -0.05) is 0 Å². The van der Waals surface area contributed by atoms with E-state index < -0.39 is 42.0 Å². The smallest absolute Gasteiger partial charge is 0.254 e. The van der Waals surface area contributed by atoms with Crippen LogP contribution in [0, 0.1) is 5.82 Å². The van der Waals surface area contributed by atoms with Crippen molar-refractivity contribution in [1.29, 1.82) is 0 Å². The van der Waals surface area contributed by atoms with Gasteiger partial charge in [-0.15, -0.1) is 0 Å². The summed E-state index contributed by atoms with van der Waals surface area (Å²) in [6.45, 7) is -0.224. The number of sulfonamides is 1. The number of sulfone groups is 1. The number of hydrogen-bond donors (Lipinski definition) is 2. The zero-order valence-electron chi connectivity index (χ0n) is 10.8. The van der Waals surface area contributed by atoms with Crippen LogP contribution < -0.4 is 10.5 Å². The van der Waals surface area contributed by atoms with Crippen molar-refractivity contribution < 1.29 is 26.0 Å². The Morgan fingerprint density at radius 2 is 1.90 bits per heavy atom. The van der Waals surface area contributed by atoms with Gasteiger partial charge in [0.15, 0.2) is 0 Å². The Hall–Kier alpha value is -1.04. The van der Waals surface area contributed by atoms with Crippen LogP contribution in [0.1, 0.15) is 10.4 Å². The van der Waals surface area contributed by atoms with Gasteiger partial charge in [0.25, 0.3) is 5.91 Å². The number of carbonyl (C=O) groups excluding carboxylic acids is 1. The molecule has 1 aromatic carbocycles. The summed E-state index contributed by atoms with van der Waals surface area (Å²) in [7, 11) is -7.42. The number of amides is 1. The number of nitrogens with one attached hydrogen (secondary N) is 1. The second-order valence-electron chi connectivity index (χ2n) is 4.19. The molecule has 0 unspecified atom stereocenters. The van der Waals surface area contributed by atoms with E-state index in [0.717, 1.165) is 18.4 Å². The van der Waals surface area contributed by atoms with E-state index >= 15 is 0 Å². The monoisotopic (exact) mass is 402 g/mol. The maximum atomic E-state index is 13.7. The Kier molecular flexibility index (Phi) is 5.47. The number of hydrogen-bond acceptors (Lipinski definition) is 5. The fourth-order valence-corrected chi connectivity index (χ4v) is 3.44. The SMILES string of the molecule is CS(=O)(=O)CCNC(=O)c1cc(S(N)(=O)=O)c(Br)cc1F. The van der Waals surface area contributed by atoms with Crippen LogP contribution in [-0.2, 0) is 19.9 Å². The lowest BCUT2D eigenvalue weighted by atomic mass is 10.2. The number of primary sulfonamides is 1. The van der Waals surface area contributed by atoms with Crippen molar-refractivity contribution in [2.45, 2.75) is 4.90 Å². The van der Waals surface area contributed by atoms with Crippen molar-refractivity contribution in [1.82, 2.24) is 5.32 Å². The highest BCUT2D eigenvalue weighted by molar-refractivity contribution is 9.10. The number of nitrogens with two attached hydrogens (primary N) is 1. The van der Waals surface area contributed by atoms with Crippen LogP contribution in [0.15, 0.2) is 21.5 Å². The molecule has 0 fully saturated rings. The minimum absolute atomic E-state index is 0.116. The zero-order valence-corrected chi connectivity index (χ0v) is 14.0. The van der Waals surface area contributed by atoms with E-state index in [4.69, 9.17) is 5.14 Å². The first-order chi connectivity index (χ1) is 9.42. The van der Waals surface area contributed by atoms with Crippen molar-refractivity contribution in [2.75, 3.05) is 18.6 Å². The van der Waals surface area contributed by atoms with Crippen LogP contribution in [0.3, 0.4) is 0 Å². The molecule has 21 heavy (non-hydrogen) atoms. The Labute approximate surface area is 129 Å². The molecule has 11 heteroatoms. The molecule has 7 nitrogen and oxygen atoms in total. The van der Waals surface area contributed by atoms with Crippen LogP contribution in [0.25, 0.3) is 0 Å². The van der Waals surface area contributed by atoms with E-state index in [1.165, 1.54) is 0 Å². The third kappa shape index (κ3) is 5.34. The lowest BCUT2D eigenvalue weighted by Crippen LogP contribution is -2.29. The molecular weight excluding hydrogens is 391 g/mol. The predicted octanol–water partition coefficient (Wildman–Crippen LogP) is 0.0100. The first kappa shape index (κ1) is 18.0. The molecule has 0 heterocycles. The van der Waals surface area contributed by atoms with Gasteiger partial charge in [-0.3, -0.25) is 4.79 Å². The summed E-state index contributed by atoms with van der Waals surface area (Å²) in [5.74, 6) is -2.22. The summed E-state index contributed by atoms with van der Waals surface area (Å²) in [4.78, 5) is 11.3. The average Bonchev–Trinajstić information content (AvgIpc) is 2.24. The predicted molar refractivity (Wildman–Crippen MR) is 77.5 cm³/mol. The van der Waals surface area contributed by atoms with Crippen molar-refractivity contribution >= 4 is 41.7 Å². The first-order valence-corrected chi connectivity index (χ1v) is 9.79. The Balaban J connectivity index is 3.05. The standard InChI is InChI=1S/C10H12BrFN2O5S2/c1-20(16,17)3-2-14-10(15)6-4-9(21(13,18)19)7(11)5-8(6)12/h4-5H,2-3H2,1H3,(H,14,15)(H2,13,18,19). The number of halogens is 2. The summed E-state index contributed by atoms with van der Waals surface area (Å²) < 4.78 is 58.0. The molecular formula is C10H12BrFN2O5S2. The number of benzene rings is 1. The second kappa shape index (κ2) is 6.38. The number of carbonyl (C=O) groups is 1. The van der Waals surface area contributed by atoms with E-state index in [0.29, 0.717) is 0 Å². The molecule has 118 valence electrons. The quantitative estimate of drug-likeness (QED) is 0.717. The molecule has 0 aliphatic carbocycles. The minimum atomic E-state index is -4.14. The molecule has 0 aliphatic heterocycles. The average molecular weight is 403 g/mol. The highest BCUT2D eigenvalue weighted by atomic mass is 79.9. The van der Waals surface area contributed by atoms with Gasteiger partial charge in [0.05, 0.1) is 16.2 Å². The fraction of sp³-hybridized carbons (Fsp3) is 0.300. The molecule has 1 amide bonds. The van der Waals surface area contributed by atoms with Crippen LogP contribution in [0.5, 0.6) is 0 Å². The molecule has 1 rings (SSSR count). The van der Waals surface area contributed by atoms with Crippen molar-refractivity contribution in [3.8, 4) is 0 Å². The van der Waals surface area contributed by atoms with Gasteiger partial charge in [-0.05, 0) is 28.1 Å². The molecule has 0 radical (unpaired) electrons. The van der Waals surface area contributed by atoms with Crippen LogP contribution in [0.4, 0.5) is 4.39 Å².